The van der Waals surface area contributed by atoms with Gasteiger partial charge in [-0.1, -0.05) is 53.5 Å². The van der Waals surface area contributed by atoms with Crippen molar-refractivity contribution in [2.45, 2.75) is 6.54 Å². The van der Waals surface area contributed by atoms with Gasteiger partial charge in [0, 0.05) is 18.6 Å². The van der Waals surface area contributed by atoms with Gasteiger partial charge in [0.15, 0.2) is 0 Å². The van der Waals surface area contributed by atoms with Gasteiger partial charge in [-0.05, 0) is 23.8 Å². The fourth-order valence-electron chi connectivity index (χ4n) is 1.87. The molecule has 2 aromatic carbocycles. The molecule has 0 aromatic heterocycles. The van der Waals surface area contributed by atoms with Crippen molar-refractivity contribution >= 4 is 40.7 Å². The fraction of sp³-hybridized carbons (Fsp3) is 0.125. The van der Waals surface area contributed by atoms with E-state index in [1.165, 1.54) is 11.0 Å². The van der Waals surface area contributed by atoms with Crippen LogP contribution in [0.15, 0.2) is 48.5 Å². The Hall–Kier alpha value is -2.04. The number of hydrogen-bond donors (Lipinski definition) is 1. The van der Waals surface area contributed by atoms with E-state index in [0.29, 0.717) is 17.3 Å². The summed E-state index contributed by atoms with van der Waals surface area (Å²) in [4.78, 5) is 25.4. The molecule has 0 fully saturated rings. The van der Waals surface area contributed by atoms with E-state index >= 15 is 0 Å². The van der Waals surface area contributed by atoms with E-state index in [-0.39, 0.29) is 5.02 Å². The van der Waals surface area contributed by atoms with Crippen LogP contribution in [0.4, 0.5) is 5.69 Å². The molecule has 0 heterocycles. The number of benzene rings is 2. The molecule has 2 rings (SSSR count). The van der Waals surface area contributed by atoms with Crippen molar-refractivity contribution in [3.63, 3.8) is 0 Å². The molecule has 0 aliphatic rings. The minimum absolute atomic E-state index is 0.277. The van der Waals surface area contributed by atoms with Gasteiger partial charge in [0.2, 0.25) is 0 Å². The van der Waals surface area contributed by atoms with E-state index in [9.17, 15) is 9.59 Å². The maximum atomic E-state index is 12.1. The number of nitrogens with zero attached hydrogens (tertiary/aromatic N) is 1. The Bertz CT molecular complexity index is 690. The number of anilines is 1. The van der Waals surface area contributed by atoms with Crippen LogP contribution in [0.1, 0.15) is 5.56 Å². The average Bonchev–Trinajstić information content (AvgIpc) is 2.50. The number of carbonyl (C=O) groups excluding carboxylic acids is 2. The molecule has 0 saturated heterocycles. The lowest BCUT2D eigenvalue weighted by molar-refractivity contribution is -0.142. The van der Waals surface area contributed by atoms with Crippen LogP contribution in [0.5, 0.6) is 0 Å². The maximum absolute atomic E-state index is 12.1. The molecule has 6 heteroatoms. The van der Waals surface area contributed by atoms with Crippen LogP contribution >= 0.6 is 23.2 Å². The van der Waals surface area contributed by atoms with Gasteiger partial charge in [-0.25, -0.2) is 0 Å². The topological polar surface area (TPSA) is 49.4 Å². The van der Waals surface area contributed by atoms with Crippen molar-refractivity contribution < 1.29 is 9.59 Å². The lowest BCUT2D eigenvalue weighted by Gasteiger charge is -2.17. The van der Waals surface area contributed by atoms with E-state index in [4.69, 9.17) is 23.2 Å². The first-order valence-corrected chi connectivity index (χ1v) is 7.28. The largest absolute Gasteiger partial charge is 0.333 e. The van der Waals surface area contributed by atoms with E-state index in [0.717, 1.165) is 5.56 Å². The molecule has 0 atom stereocenters. The van der Waals surface area contributed by atoms with E-state index in [1.807, 2.05) is 30.3 Å². The lowest BCUT2D eigenvalue weighted by Crippen LogP contribution is -2.36. The highest BCUT2D eigenvalue weighted by Gasteiger charge is 2.19. The van der Waals surface area contributed by atoms with Crippen molar-refractivity contribution in [2.75, 3.05) is 12.4 Å². The normalized spacial score (nSPS) is 10.1. The number of rotatable bonds is 3. The minimum Gasteiger partial charge on any atom is -0.333 e. The summed E-state index contributed by atoms with van der Waals surface area (Å²) in [5.74, 6) is -1.39. The van der Waals surface area contributed by atoms with Crippen molar-refractivity contribution in [1.82, 2.24) is 4.90 Å². The first kappa shape index (κ1) is 16.3. The van der Waals surface area contributed by atoms with Crippen molar-refractivity contribution in [2.24, 2.45) is 0 Å². The average molecular weight is 337 g/mol. The maximum Gasteiger partial charge on any atom is 0.313 e. The Balaban J connectivity index is 2.01. The molecule has 0 aliphatic carbocycles. The third-order valence-corrected chi connectivity index (χ3v) is 3.53. The highest BCUT2D eigenvalue weighted by atomic mass is 35.5. The molecular formula is C16H14Cl2N2O2. The van der Waals surface area contributed by atoms with Gasteiger partial charge in [-0.2, -0.15) is 0 Å². The van der Waals surface area contributed by atoms with Gasteiger partial charge in [-0.3, -0.25) is 9.59 Å². The van der Waals surface area contributed by atoms with Crippen LogP contribution in [0, 0.1) is 0 Å². The van der Waals surface area contributed by atoms with Crippen molar-refractivity contribution in [3.05, 3.63) is 64.1 Å². The third kappa shape index (κ3) is 4.23. The Kier molecular flexibility index (Phi) is 5.41. The van der Waals surface area contributed by atoms with Gasteiger partial charge >= 0.3 is 11.8 Å². The second-order valence-corrected chi connectivity index (χ2v) is 5.57. The number of likely N-dealkylation sites (N-methyl/N-ethyl adjacent to an activating group) is 1. The summed E-state index contributed by atoms with van der Waals surface area (Å²) in [6, 6.07) is 14.0. The van der Waals surface area contributed by atoms with Crippen LogP contribution in [0.25, 0.3) is 0 Å². The summed E-state index contributed by atoms with van der Waals surface area (Å²) in [5, 5.41) is 3.21. The van der Waals surface area contributed by atoms with E-state index in [2.05, 4.69) is 5.32 Å². The Morgan fingerprint density at radius 2 is 1.77 bits per heavy atom. The summed E-state index contributed by atoms with van der Waals surface area (Å²) >= 11 is 11.7. The molecule has 1 N–H and O–H groups in total. The van der Waals surface area contributed by atoms with Crippen LogP contribution in [0.2, 0.25) is 10.0 Å². The number of carbonyl (C=O) groups is 2. The predicted octanol–water partition coefficient (Wildman–Crippen LogP) is 3.59. The Morgan fingerprint density at radius 3 is 2.41 bits per heavy atom. The molecule has 22 heavy (non-hydrogen) atoms. The molecule has 0 bridgehead atoms. The minimum atomic E-state index is -0.748. The first-order chi connectivity index (χ1) is 10.5. The van der Waals surface area contributed by atoms with Gasteiger partial charge in [-0.15, -0.1) is 0 Å². The van der Waals surface area contributed by atoms with Crippen LogP contribution in [-0.2, 0) is 16.1 Å². The monoisotopic (exact) mass is 336 g/mol. The van der Waals surface area contributed by atoms with E-state index < -0.39 is 11.8 Å². The Morgan fingerprint density at radius 1 is 1.09 bits per heavy atom. The summed E-state index contributed by atoms with van der Waals surface area (Å²) in [5.41, 5.74) is 1.29. The zero-order valence-corrected chi connectivity index (χ0v) is 13.4. The third-order valence-electron chi connectivity index (χ3n) is 2.98. The molecule has 0 spiro atoms. The predicted molar refractivity (Wildman–Crippen MR) is 88.0 cm³/mol. The van der Waals surface area contributed by atoms with Crippen LogP contribution in [0.3, 0.4) is 0 Å². The van der Waals surface area contributed by atoms with Gasteiger partial charge in [0.1, 0.15) is 0 Å². The smallest absolute Gasteiger partial charge is 0.313 e. The molecule has 0 unspecified atom stereocenters. The molecule has 0 radical (unpaired) electrons. The highest BCUT2D eigenvalue weighted by molar-refractivity contribution is 6.42. The molecule has 114 valence electrons. The zero-order chi connectivity index (χ0) is 16.1. The number of nitrogens with one attached hydrogen (secondary N) is 1. The zero-order valence-electron chi connectivity index (χ0n) is 11.8. The fourth-order valence-corrected chi connectivity index (χ4v) is 2.32. The summed E-state index contributed by atoms with van der Waals surface area (Å²) in [6.45, 7) is 0.349. The highest BCUT2D eigenvalue weighted by Crippen LogP contribution is 2.25. The second kappa shape index (κ2) is 7.29. The quantitative estimate of drug-likeness (QED) is 0.870. The second-order valence-electron chi connectivity index (χ2n) is 4.73. The Labute approximate surface area is 138 Å². The van der Waals surface area contributed by atoms with Crippen molar-refractivity contribution in [1.29, 1.82) is 0 Å². The first-order valence-electron chi connectivity index (χ1n) is 6.53. The number of hydrogen-bond acceptors (Lipinski definition) is 2. The molecule has 4 nitrogen and oxygen atoms in total. The van der Waals surface area contributed by atoms with Crippen LogP contribution in [-0.4, -0.2) is 23.8 Å². The van der Waals surface area contributed by atoms with Crippen molar-refractivity contribution in [3.8, 4) is 0 Å². The van der Waals surface area contributed by atoms with Gasteiger partial charge in [0.25, 0.3) is 0 Å². The van der Waals surface area contributed by atoms with Crippen LogP contribution < -0.4 is 5.32 Å². The summed E-state index contributed by atoms with van der Waals surface area (Å²) in [6.07, 6.45) is 0. The molecule has 0 saturated carbocycles. The molecule has 0 aliphatic heterocycles. The summed E-state index contributed by atoms with van der Waals surface area (Å²) < 4.78 is 0. The standard InChI is InChI=1S/C16H14Cl2N2O2/c1-20(10-11-5-3-2-4-6-11)16(22)15(21)19-14-8-7-12(17)9-13(14)18/h2-9H,10H2,1H3,(H,19,21). The summed E-state index contributed by atoms with van der Waals surface area (Å²) in [7, 11) is 1.57. The van der Waals surface area contributed by atoms with E-state index in [1.54, 1.807) is 19.2 Å². The lowest BCUT2D eigenvalue weighted by atomic mass is 10.2. The van der Waals surface area contributed by atoms with Gasteiger partial charge < -0.3 is 10.2 Å². The van der Waals surface area contributed by atoms with Gasteiger partial charge in [0.05, 0.1) is 10.7 Å². The molecular weight excluding hydrogens is 323 g/mol. The SMILES string of the molecule is CN(Cc1ccccc1)C(=O)C(=O)Nc1ccc(Cl)cc1Cl. The molecule has 2 aromatic rings. The molecule has 2 amide bonds. The number of halogens is 2. The number of amides is 2.